The van der Waals surface area contributed by atoms with Crippen molar-refractivity contribution in [1.82, 2.24) is 5.32 Å². The average Bonchev–Trinajstić information content (AvgIpc) is 2.65. The molecule has 1 N–H and O–H groups in total. The van der Waals surface area contributed by atoms with E-state index in [1.807, 2.05) is 0 Å². The van der Waals surface area contributed by atoms with Gasteiger partial charge in [0.2, 0.25) is 0 Å². The van der Waals surface area contributed by atoms with Crippen LogP contribution < -0.4 is 5.32 Å². The predicted molar refractivity (Wildman–Crippen MR) is 106 cm³/mol. The van der Waals surface area contributed by atoms with Crippen molar-refractivity contribution in [3.05, 3.63) is 71.8 Å². The highest BCUT2D eigenvalue weighted by molar-refractivity contribution is 5.39. The molecule has 1 saturated carbocycles. The Morgan fingerprint density at radius 2 is 1.21 bits per heavy atom. The van der Waals surface area contributed by atoms with E-state index in [2.05, 4.69) is 86.8 Å². The van der Waals surface area contributed by atoms with Gasteiger partial charge < -0.3 is 5.32 Å². The Kier molecular flexibility index (Phi) is 7.52. The van der Waals surface area contributed by atoms with E-state index >= 15 is 0 Å². The van der Waals surface area contributed by atoms with Crippen LogP contribution in [0.1, 0.15) is 57.6 Å². The molecule has 1 fully saturated rings. The third-order valence-electron chi connectivity index (χ3n) is 5.28. The number of hydrogen-bond donors (Lipinski definition) is 1. The zero-order chi connectivity index (χ0) is 17.3. The molecule has 0 atom stereocenters. The fourth-order valence-electron chi connectivity index (χ4n) is 3.76. The Balaban J connectivity index is 0.000000368. The van der Waals surface area contributed by atoms with E-state index in [-0.39, 0.29) is 5.41 Å². The first-order valence-corrected chi connectivity index (χ1v) is 9.54. The molecule has 2 aromatic carbocycles. The average molecular weight is 324 g/mol. The van der Waals surface area contributed by atoms with E-state index in [4.69, 9.17) is 0 Å². The summed E-state index contributed by atoms with van der Waals surface area (Å²) >= 11 is 0. The van der Waals surface area contributed by atoms with E-state index < -0.39 is 0 Å². The maximum absolute atomic E-state index is 3.11. The lowest BCUT2D eigenvalue weighted by Crippen LogP contribution is -2.32. The summed E-state index contributed by atoms with van der Waals surface area (Å²) in [5.41, 5.74) is 3.23. The van der Waals surface area contributed by atoms with Crippen molar-refractivity contribution in [2.24, 2.45) is 5.92 Å². The quantitative estimate of drug-likeness (QED) is 0.750. The van der Waals surface area contributed by atoms with Crippen LogP contribution >= 0.6 is 0 Å². The topological polar surface area (TPSA) is 12.0 Å². The molecule has 1 aliphatic rings. The molecule has 0 radical (unpaired) electrons. The van der Waals surface area contributed by atoms with Crippen molar-refractivity contribution in [3.8, 4) is 0 Å². The SMILES string of the molecule is CC1CCC(c2ccccc2)(c2ccccc2)CC1.CCNCC. The zero-order valence-electron chi connectivity index (χ0n) is 15.6. The van der Waals surface area contributed by atoms with Gasteiger partial charge in [-0.1, -0.05) is 81.4 Å². The van der Waals surface area contributed by atoms with E-state index in [9.17, 15) is 0 Å². The second kappa shape index (κ2) is 9.64. The molecule has 1 nitrogen and oxygen atoms in total. The summed E-state index contributed by atoms with van der Waals surface area (Å²) in [4.78, 5) is 0. The molecule has 1 aliphatic carbocycles. The summed E-state index contributed by atoms with van der Waals surface area (Å²) in [7, 11) is 0. The van der Waals surface area contributed by atoms with Gasteiger partial charge in [0.25, 0.3) is 0 Å². The Hall–Kier alpha value is -1.60. The Bertz CT molecular complexity index is 510. The van der Waals surface area contributed by atoms with E-state index in [1.165, 1.54) is 36.8 Å². The maximum atomic E-state index is 3.11. The summed E-state index contributed by atoms with van der Waals surface area (Å²) in [6, 6.07) is 22.2. The van der Waals surface area contributed by atoms with Gasteiger partial charge in [0.05, 0.1) is 0 Å². The van der Waals surface area contributed by atoms with Crippen LogP contribution in [0.3, 0.4) is 0 Å². The highest BCUT2D eigenvalue weighted by Crippen LogP contribution is 2.46. The molecule has 0 bridgehead atoms. The van der Waals surface area contributed by atoms with E-state index in [1.54, 1.807) is 0 Å². The Morgan fingerprint density at radius 1 is 0.792 bits per heavy atom. The lowest BCUT2D eigenvalue weighted by molar-refractivity contribution is 0.280. The minimum absolute atomic E-state index is 0.245. The molecule has 0 aromatic heterocycles. The molecule has 0 spiro atoms. The summed E-state index contributed by atoms with van der Waals surface area (Å²) < 4.78 is 0. The number of benzene rings is 2. The maximum Gasteiger partial charge on any atom is 0.0203 e. The van der Waals surface area contributed by atoms with Crippen LogP contribution in [0.15, 0.2) is 60.7 Å². The summed E-state index contributed by atoms with van der Waals surface area (Å²) in [5, 5.41) is 3.11. The van der Waals surface area contributed by atoms with E-state index in [0.717, 1.165) is 19.0 Å². The molecule has 0 aliphatic heterocycles. The standard InChI is InChI=1S/C19H22.C4H11N/c1-16-12-14-19(15-13-16,17-8-4-2-5-9-17)18-10-6-3-7-11-18;1-3-5-4-2/h2-11,16H,12-15H2,1H3;5H,3-4H2,1-2H3. The molecule has 0 heterocycles. The molecule has 0 unspecified atom stereocenters. The predicted octanol–water partition coefficient (Wildman–Crippen LogP) is 5.80. The van der Waals surface area contributed by atoms with Crippen LogP contribution in [0.25, 0.3) is 0 Å². The minimum atomic E-state index is 0.245. The van der Waals surface area contributed by atoms with Gasteiger partial charge in [-0.05, 0) is 55.8 Å². The Morgan fingerprint density at radius 3 is 1.54 bits per heavy atom. The third-order valence-corrected chi connectivity index (χ3v) is 5.28. The van der Waals surface area contributed by atoms with Crippen LogP contribution in [-0.4, -0.2) is 13.1 Å². The molecule has 3 rings (SSSR count). The van der Waals surface area contributed by atoms with Crippen LogP contribution in [0.2, 0.25) is 0 Å². The minimum Gasteiger partial charge on any atom is -0.317 e. The van der Waals surface area contributed by atoms with Gasteiger partial charge in [-0.2, -0.15) is 0 Å². The zero-order valence-corrected chi connectivity index (χ0v) is 15.6. The fraction of sp³-hybridized carbons (Fsp3) is 0.478. The smallest absolute Gasteiger partial charge is 0.0203 e. The molecular formula is C23H33N. The molecule has 0 saturated heterocycles. The highest BCUT2D eigenvalue weighted by Gasteiger charge is 2.37. The fourth-order valence-corrected chi connectivity index (χ4v) is 3.76. The summed E-state index contributed by atoms with van der Waals surface area (Å²) in [5.74, 6) is 0.876. The number of hydrogen-bond acceptors (Lipinski definition) is 1. The first-order valence-electron chi connectivity index (χ1n) is 9.54. The van der Waals surface area contributed by atoms with Crippen molar-refractivity contribution in [2.75, 3.05) is 13.1 Å². The van der Waals surface area contributed by atoms with Gasteiger partial charge in [0, 0.05) is 5.41 Å². The summed E-state index contributed by atoms with van der Waals surface area (Å²) in [6.07, 6.45) is 5.23. The molecular weight excluding hydrogens is 290 g/mol. The van der Waals surface area contributed by atoms with Crippen LogP contribution in [0, 0.1) is 5.92 Å². The largest absolute Gasteiger partial charge is 0.317 e. The lowest BCUT2D eigenvalue weighted by Gasteiger charge is -2.40. The van der Waals surface area contributed by atoms with Crippen molar-refractivity contribution >= 4 is 0 Å². The third kappa shape index (κ3) is 4.70. The molecule has 1 heteroatoms. The number of rotatable bonds is 4. The normalized spacial score (nSPS) is 17.0. The van der Waals surface area contributed by atoms with Crippen molar-refractivity contribution in [2.45, 2.75) is 51.9 Å². The van der Waals surface area contributed by atoms with Crippen LogP contribution in [-0.2, 0) is 5.41 Å². The van der Waals surface area contributed by atoms with Crippen molar-refractivity contribution in [1.29, 1.82) is 0 Å². The van der Waals surface area contributed by atoms with Crippen LogP contribution in [0.5, 0.6) is 0 Å². The first kappa shape index (κ1) is 18.7. The monoisotopic (exact) mass is 323 g/mol. The number of nitrogens with one attached hydrogen (secondary N) is 1. The van der Waals surface area contributed by atoms with Crippen LogP contribution in [0.4, 0.5) is 0 Å². The molecule has 24 heavy (non-hydrogen) atoms. The van der Waals surface area contributed by atoms with Gasteiger partial charge in [-0.3, -0.25) is 0 Å². The summed E-state index contributed by atoms with van der Waals surface area (Å²) in [6.45, 7) is 8.78. The molecule has 0 amide bonds. The van der Waals surface area contributed by atoms with Crippen molar-refractivity contribution < 1.29 is 0 Å². The van der Waals surface area contributed by atoms with Gasteiger partial charge in [-0.25, -0.2) is 0 Å². The van der Waals surface area contributed by atoms with Crippen molar-refractivity contribution in [3.63, 3.8) is 0 Å². The highest BCUT2D eigenvalue weighted by atomic mass is 14.8. The molecule has 130 valence electrons. The van der Waals surface area contributed by atoms with Gasteiger partial charge in [0.1, 0.15) is 0 Å². The van der Waals surface area contributed by atoms with Gasteiger partial charge in [0.15, 0.2) is 0 Å². The second-order valence-corrected chi connectivity index (χ2v) is 6.95. The van der Waals surface area contributed by atoms with Gasteiger partial charge in [-0.15, -0.1) is 0 Å². The van der Waals surface area contributed by atoms with E-state index in [0.29, 0.717) is 0 Å². The molecule has 2 aromatic rings. The first-order chi connectivity index (χ1) is 11.7. The van der Waals surface area contributed by atoms with Gasteiger partial charge >= 0.3 is 0 Å². The lowest BCUT2D eigenvalue weighted by atomic mass is 9.63. The second-order valence-electron chi connectivity index (χ2n) is 6.95. The Labute approximate surface area is 148 Å².